The van der Waals surface area contributed by atoms with Crippen LogP contribution in [0.15, 0.2) is 33.4 Å². The van der Waals surface area contributed by atoms with Crippen LogP contribution in [0.3, 0.4) is 0 Å². The Morgan fingerprint density at radius 2 is 2.17 bits per heavy atom. The lowest BCUT2D eigenvalue weighted by molar-refractivity contribution is -0.138. The zero-order valence-electron chi connectivity index (χ0n) is 9.91. The summed E-state index contributed by atoms with van der Waals surface area (Å²) in [7, 11) is 0. The topological polar surface area (TPSA) is 75.9 Å². The van der Waals surface area contributed by atoms with Crippen LogP contribution < -0.4 is 0 Å². The minimum Gasteiger partial charge on any atom is -0.462 e. The summed E-state index contributed by atoms with van der Waals surface area (Å²) in [6.07, 6.45) is 4.98. The highest BCUT2D eigenvalue weighted by Gasteiger charge is 2.17. The van der Waals surface area contributed by atoms with Gasteiger partial charge in [0.15, 0.2) is 10.7 Å². The Kier molecular flexibility index (Phi) is 6.25. The van der Waals surface area contributed by atoms with Crippen LogP contribution in [0.25, 0.3) is 0 Å². The van der Waals surface area contributed by atoms with Gasteiger partial charge in [0.05, 0.1) is 10.8 Å². The number of hydrogen-bond acceptors (Lipinski definition) is 7. The van der Waals surface area contributed by atoms with Crippen LogP contribution >= 0.6 is 23.5 Å². The van der Waals surface area contributed by atoms with Gasteiger partial charge in [-0.25, -0.2) is 14.8 Å². The molecule has 94 valence electrons. The van der Waals surface area contributed by atoms with Crippen molar-refractivity contribution in [3.05, 3.63) is 28.3 Å². The van der Waals surface area contributed by atoms with Crippen molar-refractivity contribution in [1.29, 1.82) is 5.26 Å². The molecular formula is C11H11N3O2S2. The van der Waals surface area contributed by atoms with E-state index in [2.05, 4.69) is 9.97 Å². The normalized spacial score (nSPS) is 11.4. The van der Waals surface area contributed by atoms with Crippen molar-refractivity contribution >= 4 is 29.5 Å². The maximum atomic E-state index is 11.6. The lowest BCUT2D eigenvalue weighted by Gasteiger charge is -2.05. The van der Waals surface area contributed by atoms with Crippen LogP contribution in [-0.4, -0.2) is 28.8 Å². The maximum Gasteiger partial charge on any atom is 0.350 e. The molecule has 0 aliphatic heterocycles. The van der Waals surface area contributed by atoms with Crippen molar-refractivity contribution in [3.8, 4) is 6.07 Å². The van der Waals surface area contributed by atoms with Gasteiger partial charge in [-0.1, -0.05) is 0 Å². The summed E-state index contributed by atoms with van der Waals surface area (Å²) >= 11 is 2.46. The van der Waals surface area contributed by atoms with Crippen LogP contribution in [0, 0.1) is 11.3 Å². The molecule has 1 aromatic rings. The minimum absolute atomic E-state index is 0.0122. The Morgan fingerprint density at radius 1 is 1.50 bits per heavy atom. The predicted octanol–water partition coefficient (Wildman–Crippen LogP) is 2.23. The number of esters is 1. The molecule has 0 bridgehead atoms. The zero-order valence-corrected chi connectivity index (χ0v) is 11.5. The molecule has 1 aromatic heterocycles. The maximum absolute atomic E-state index is 11.6. The molecule has 0 saturated carbocycles. The lowest BCUT2D eigenvalue weighted by Crippen LogP contribution is -2.07. The molecule has 0 N–H and O–H groups in total. The van der Waals surface area contributed by atoms with E-state index >= 15 is 0 Å². The highest BCUT2D eigenvalue weighted by molar-refractivity contribution is 8.22. The molecule has 0 fully saturated rings. The van der Waals surface area contributed by atoms with Crippen molar-refractivity contribution in [2.24, 2.45) is 0 Å². The second kappa shape index (κ2) is 7.74. The van der Waals surface area contributed by atoms with Crippen LogP contribution in [0.2, 0.25) is 0 Å². The lowest BCUT2D eigenvalue weighted by atomic mass is 10.3. The average Bonchev–Trinajstić information content (AvgIpc) is 2.40. The molecular weight excluding hydrogens is 270 g/mol. The molecule has 7 heteroatoms. The van der Waals surface area contributed by atoms with Crippen LogP contribution in [0.4, 0.5) is 0 Å². The molecule has 0 radical (unpaired) electrons. The molecule has 0 aromatic carbocycles. The Hall–Kier alpha value is -1.52. The number of carbonyl (C=O) groups excluding carboxylic acids is 1. The Labute approximate surface area is 114 Å². The predicted molar refractivity (Wildman–Crippen MR) is 70.7 cm³/mol. The number of hydrogen-bond donors (Lipinski definition) is 0. The fourth-order valence-corrected chi connectivity index (χ4v) is 2.51. The van der Waals surface area contributed by atoms with Gasteiger partial charge < -0.3 is 4.74 Å². The third-order valence-electron chi connectivity index (χ3n) is 1.71. The summed E-state index contributed by atoms with van der Waals surface area (Å²) in [4.78, 5) is 19.7. The molecule has 0 saturated heterocycles. The average molecular weight is 281 g/mol. The van der Waals surface area contributed by atoms with Crippen molar-refractivity contribution < 1.29 is 9.53 Å². The van der Waals surface area contributed by atoms with Gasteiger partial charge in [-0.3, -0.25) is 0 Å². The minimum atomic E-state index is -0.618. The summed E-state index contributed by atoms with van der Waals surface area (Å²) < 4.78 is 5.36. The molecule has 0 unspecified atom stereocenters. The Balaban J connectivity index is 2.98. The van der Waals surface area contributed by atoms with Gasteiger partial charge in [-0.05, 0) is 31.0 Å². The van der Waals surface area contributed by atoms with Crippen molar-refractivity contribution in [1.82, 2.24) is 9.97 Å². The molecule has 5 nitrogen and oxygen atoms in total. The molecule has 0 aliphatic carbocycles. The highest BCUT2D eigenvalue weighted by Crippen LogP contribution is 2.33. The molecule has 0 spiro atoms. The Bertz CT molecular complexity index is 483. The fraction of sp³-hybridized carbons (Fsp3) is 0.273. The van der Waals surface area contributed by atoms with E-state index in [1.165, 1.54) is 23.5 Å². The zero-order chi connectivity index (χ0) is 13.4. The van der Waals surface area contributed by atoms with E-state index in [1.54, 1.807) is 31.6 Å². The largest absolute Gasteiger partial charge is 0.462 e. The van der Waals surface area contributed by atoms with Crippen LogP contribution in [0.5, 0.6) is 0 Å². The number of rotatable bonds is 5. The SMILES string of the molecule is CCOC(=O)/C(C#N)=C(/SC)Sc1ncccn1. The smallest absolute Gasteiger partial charge is 0.350 e. The molecule has 18 heavy (non-hydrogen) atoms. The van der Waals surface area contributed by atoms with Gasteiger partial charge in [-0.15, -0.1) is 11.8 Å². The van der Waals surface area contributed by atoms with Gasteiger partial charge in [0.2, 0.25) is 0 Å². The third kappa shape index (κ3) is 4.05. The van der Waals surface area contributed by atoms with Gasteiger partial charge in [0, 0.05) is 12.4 Å². The van der Waals surface area contributed by atoms with Gasteiger partial charge in [0.25, 0.3) is 0 Å². The van der Waals surface area contributed by atoms with Gasteiger partial charge >= 0.3 is 5.97 Å². The number of thioether (sulfide) groups is 2. The van der Waals surface area contributed by atoms with Gasteiger partial charge in [-0.2, -0.15) is 5.26 Å². The van der Waals surface area contributed by atoms with Crippen LogP contribution in [0.1, 0.15) is 6.92 Å². The van der Waals surface area contributed by atoms with E-state index in [-0.39, 0.29) is 12.2 Å². The first-order valence-corrected chi connectivity index (χ1v) is 7.07. The molecule has 0 aliphatic rings. The first-order valence-electron chi connectivity index (χ1n) is 5.03. The molecule has 1 rings (SSSR count). The first kappa shape index (κ1) is 14.5. The summed E-state index contributed by atoms with van der Waals surface area (Å²) in [5.74, 6) is -0.618. The standard InChI is InChI=1S/C11H11N3O2S2/c1-3-16-9(15)8(7-12)10(17-2)18-11-13-5-4-6-14-11/h4-6H,3H2,1-2H3/b10-8-. The summed E-state index contributed by atoms with van der Waals surface area (Å²) in [6.45, 7) is 1.93. The van der Waals surface area contributed by atoms with E-state index < -0.39 is 5.97 Å². The first-order chi connectivity index (χ1) is 8.72. The monoisotopic (exact) mass is 281 g/mol. The van der Waals surface area contributed by atoms with E-state index in [4.69, 9.17) is 10.00 Å². The number of ether oxygens (including phenoxy) is 1. The second-order valence-corrected chi connectivity index (χ2v) is 4.88. The van der Waals surface area contributed by atoms with Crippen molar-refractivity contribution in [2.45, 2.75) is 12.1 Å². The quantitative estimate of drug-likeness (QED) is 0.269. The van der Waals surface area contributed by atoms with Crippen molar-refractivity contribution in [3.63, 3.8) is 0 Å². The summed E-state index contributed by atoms with van der Waals surface area (Å²) in [5, 5.41) is 9.51. The Morgan fingerprint density at radius 3 is 2.67 bits per heavy atom. The van der Waals surface area contributed by atoms with E-state index in [9.17, 15) is 4.79 Å². The molecule has 1 heterocycles. The van der Waals surface area contributed by atoms with E-state index in [0.29, 0.717) is 9.39 Å². The molecule has 0 amide bonds. The van der Waals surface area contributed by atoms with E-state index in [1.807, 2.05) is 6.07 Å². The number of carbonyl (C=O) groups is 1. The second-order valence-electron chi connectivity index (χ2n) is 2.83. The third-order valence-corrected chi connectivity index (χ3v) is 3.81. The fourth-order valence-electron chi connectivity index (χ4n) is 0.994. The molecule has 0 atom stereocenters. The summed E-state index contributed by atoms with van der Waals surface area (Å²) in [5.41, 5.74) is -0.0122. The van der Waals surface area contributed by atoms with Crippen LogP contribution in [-0.2, 0) is 9.53 Å². The number of nitrogens with zero attached hydrogens (tertiary/aromatic N) is 3. The van der Waals surface area contributed by atoms with E-state index in [0.717, 1.165) is 0 Å². The summed E-state index contributed by atoms with van der Waals surface area (Å²) in [6, 6.07) is 3.56. The number of nitriles is 1. The number of aromatic nitrogens is 2. The van der Waals surface area contributed by atoms with Gasteiger partial charge in [0.1, 0.15) is 6.07 Å². The highest BCUT2D eigenvalue weighted by atomic mass is 32.2. The van der Waals surface area contributed by atoms with Crippen molar-refractivity contribution in [2.75, 3.05) is 12.9 Å².